The summed E-state index contributed by atoms with van der Waals surface area (Å²) < 4.78 is 27.2. The number of aromatic hydroxyl groups is 2. The van der Waals surface area contributed by atoms with Gasteiger partial charge in [-0.3, -0.25) is 19.6 Å². The Morgan fingerprint density at radius 1 is 0.968 bits per heavy atom. The van der Waals surface area contributed by atoms with Crippen LogP contribution in [0.4, 0.5) is 11.4 Å². The number of sulfonamides is 1. The first-order valence-corrected chi connectivity index (χ1v) is 10.3. The molecule has 10 heteroatoms. The molecule has 0 aliphatic carbocycles. The summed E-state index contributed by atoms with van der Waals surface area (Å²) in [6, 6.07) is 14.4. The number of non-ortho nitro benzene ring substituents is 1. The molecule has 0 fully saturated rings. The van der Waals surface area contributed by atoms with E-state index in [4.69, 9.17) is 0 Å². The van der Waals surface area contributed by atoms with E-state index in [9.17, 15) is 33.5 Å². The summed E-state index contributed by atoms with van der Waals surface area (Å²) >= 11 is 0. The molecule has 0 saturated heterocycles. The van der Waals surface area contributed by atoms with Crippen LogP contribution < -0.4 is 4.72 Å². The maximum absolute atomic E-state index is 12.5. The number of anilines is 1. The maximum atomic E-state index is 12.5. The van der Waals surface area contributed by atoms with Gasteiger partial charge in [0.15, 0.2) is 17.3 Å². The van der Waals surface area contributed by atoms with E-state index < -0.39 is 14.9 Å². The molecule has 0 heterocycles. The van der Waals surface area contributed by atoms with Crippen molar-refractivity contribution in [3.8, 4) is 11.5 Å². The van der Waals surface area contributed by atoms with E-state index in [2.05, 4.69) is 4.72 Å². The highest BCUT2D eigenvalue weighted by Crippen LogP contribution is 2.25. The molecule has 0 radical (unpaired) electrons. The molecule has 0 bridgehead atoms. The summed E-state index contributed by atoms with van der Waals surface area (Å²) in [5.74, 6) is -0.942. The van der Waals surface area contributed by atoms with Gasteiger partial charge in [-0.15, -0.1) is 0 Å². The normalized spacial score (nSPS) is 11.4. The molecule has 0 atom stereocenters. The first-order chi connectivity index (χ1) is 14.7. The number of benzene rings is 3. The molecule has 0 aliphatic heterocycles. The number of carbonyl (C=O) groups excluding carboxylic acids is 1. The van der Waals surface area contributed by atoms with Gasteiger partial charge in [0.05, 0.1) is 9.82 Å². The fourth-order valence-corrected chi connectivity index (χ4v) is 3.69. The van der Waals surface area contributed by atoms with Crippen LogP contribution in [0.2, 0.25) is 0 Å². The molecule has 0 aliphatic rings. The van der Waals surface area contributed by atoms with Crippen molar-refractivity contribution in [2.45, 2.75) is 4.90 Å². The summed E-state index contributed by atoms with van der Waals surface area (Å²) in [6.07, 6.45) is 2.73. The first kappa shape index (κ1) is 21.5. The van der Waals surface area contributed by atoms with Crippen molar-refractivity contribution in [2.24, 2.45) is 0 Å². The largest absolute Gasteiger partial charge is 0.504 e. The van der Waals surface area contributed by atoms with Crippen LogP contribution in [-0.4, -0.2) is 29.3 Å². The van der Waals surface area contributed by atoms with E-state index in [1.54, 1.807) is 0 Å². The predicted molar refractivity (Wildman–Crippen MR) is 113 cm³/mol. The molecule has 0 amide bonds. The molecule has 0 aromatic heterocycles. The molecular formula is C21H16N2O7S. The Kier molecular flexibility index (Phi) is 6.02. The Balaban J connectivity index is 1.72. The van der Waals surface area contributed by atoms with Crippen LogP contribution in [0.1, 0.15) is 15.9 Å². The number of nitrogens with one attached hydrogen (secondary N) is 1. The van der Waals surface area contributed by atoms with Crippen LogP contribution >= 0.6 is 0 Å². The average Bonchev–Trinajstić information content (AvgIpc) is 2.74. The van der Waals surface area contributed by atoms with Crippen molar-refractivity contribution >= 4 is 33.3 Å². The number of nitro groups is 1. The molecule has 0 unspecified atom stereocenters. The van der Waals surface area contributed by atoms with Gasteiger partial charge in [-0.05, 0) is 54.1 Å². The number of phenols is 2. The average molecular weight is 440 g/mol. The van der Waals surface area contributed by atoms with E-state index in [0.29, 0.717) is 5.56 Å². The minimum absolute atomic E-state index is 0.176. The van der Waals surface area contributed by atoms with E-state index in [1.807, 2.05) is 0 Å². The third-order valence-corrected chi connectivity index (χ3v) is 5.57. The molecule has 31 heavy (non-hydrogen) atoms. The zero-order valence-electron chi connectivity index (χ0n) is 15.8. The van der Waals surface area contributed by atoms with Crippen LogP contribution in [0.3, 0.4) is 0 Å². The van der Waals surface area contributed by atoms with Gasteiger partial charge in [0.25, 0.3) is 15.7 Å². The lowest BCUT2D eigenvalue weighted by atomic mass is 10.1. The number of ketones is 1. The second kappa shape index (κ2) is 8.67. The number of hydrogen-bond donors (Lipinski definition) is 3. The molecular weight excluding hydrogens is 424 g/mol. The Morgan fingerprint density at radius 3 is 2.32 bits per heavy atom. The maximum Gasteiger partial charge on any atom is 0.270 e. The fourth-order valence-electron chi connectivity index (χ4n) is 2.59. The minimum Gasteiger partial charge on any atom is -0.504 e. The van der Waals surface area contributed by atoms with Gasteiger partial charge in [0.1, 0.15) is 0 Å². The highest BCUT2D eigenvalue weighted by Gasteiger charge is 2.18. The third kappa shape index (κ3) is 5.25. The van der Waals surface area contributed by atoms with Gasteiger partial charge >= 0.3 is 0 Å². The minimum atomic E-state index is -4.05. The van der Waals surface area contributed by atoms with Crippen molar-refractivity contribution in [3.05, 3.63) is 94.0 Å². The first-order valence-electron chi connectivity index (χ1n) is 8.77. The summed E-state index contributed by atoms with van der Waals surface area (Å²) in [5, 5.41) is 29.6. The molecule has 9 nitrogen and oxygen atoms in total. The summed E-state index contributed by atoms with van der Waals surface area (Å²) in [7, 11) is -4.05. The van der Waals surface area contributed by atoms with Crippen molar-refractivity contribution < 1.29 is 28.3 Å². The highest BCUT2D eigenvalue weighted by atomic mass is 32.2. The Hall–Kier alpha value is -4.18. The molecule has 3 rings (SSSR count). The lowest BCUT2D eigenvalue weighted by Gasteiger charge is -2.08. The van der Waals surface area contributed by atoms with E-state index in [-0.39, 0.29) is 39.1 Å². The number of phenolic OH excluding ortho intramolecular Hbond substituents is 2. The molecule has 0 saturated carbocycles. The summed E-state index contributed by atoms with van der Waals surface area (Å²) in [4.78, 5) is 22.2. The van der Waals surface area contributed by atoms with E-state index in [0.717, 1.165) is 6.07 Å². The standard InChI is InChI=1S/C21H16N2O7S/c24-19(10-4-14-5-11-20(25)21(26)12-14)15-6-8-16(9-7-15)22-31(29,30)18-3-1-2-17(13-18)23(27)28/h1-13,22,25-26H. The quantitative estimate of drug-likeness (QED) is 0.167. The van der Waals surface area contributed by atoms with Gasteiger partial charge < -0.3 is 10.2 Å². The fraction of sp³-hybridized carbons (Fsp3) is 0. The van der Waals surface area contributed by atoms with Crippen LogP contribution in [0.5, 0.6) is 11.5 Å². The Bertz CT molecular complexity index is 1280. The van der Waals surface area contributed by atoms with Gasteiger partial charge in [-0.2, -0.15) is 0 Å². The second-order valence-electron chi connectivity index (χ2n) is 6.38. The van der Waals surface area contributed by atoms with Crippen LogP contribution in [0.15, 0.2) is 77.7 Å². The number of allylic oxidation sites excluding steroid dienone is 1. The van der Waals surface area contributed by atoms with Crippen LogP contribution in [0.25, 0.3) is 6.08 Å². The van der Waals surface area contributed by atoms with Gasteiger partial charge in [-0.25, -0.2) is 8.42 Å². The predicted octanol–water partition coefficient (Wildman–Crippen LogP) is 3.70. The molecule has 3 aromatic carbocycles. The molecule has 3 N–H and O–H groups in total. The number of carbonyl (C=O) groups is 1. The number of rotatable bonds is 7. The monoisotopic (exact) mass is 440 g/mol. The molecule has 3 aromatic rings. The van der Waals surface area contributed by atoms with Gasteiger partial charge in [0.2, 0.25) is 0 Å². The highest BCUT2D eigenvalue weighted by molar-refractivity contribution is 7.92. The molecule has 158 valence electrons. The summed E-state index contributed by atoms with van der Waals surface area (Å²) in [5.41, 5.74) is 0.621. The van der Waals surface area contributed by atoms with Crippen molar-refractivity contribution in [2.75, 3.05) is 4.72 Å². The van der Waals surface area contributed by atoms with E-state index >= 15 is 0 Å². The van der Waals surface area contributed by atoms with E-state index in [1.165, 1.54) is 72.8 Å². The lowest BCUT2D eigenvalue weighted by molar-refractivity contribution is -0.385. The number of nitro benzene ring substituents is 1. The Labute approximate surface area is 177 Å². The summed E-state index contributed by atoms with van der Waals surface area (Å²) in [6.45, 7) is 0. The van der Waals surface area contributed by atoms with Crippen molar-refractivity contribution in [1.29, 1.82) is 0 Å². The van der Waals surface area contributed by atoms with Crippen molar-refractivity contribution in [1.82, 2.24) is 0 Å². The van der Waals surface area contributed by atoms with Gasteiger partial charge in [-0.1, -0.05) is 18.2 Å². The van der Waals surface area contributed by atoms with Crippen LogP contribution in [0, 0.1) is 10.1 Å². The van der Waals surface area contributed by atoms with Gasteiger partial charge in [0, 0.05) is 23.4 Å². The smallest absolute Gasteiger partial charge is 0.270 e. The number of nitrogens with zero attached hydrogens (tertiary/aromatic N) is 1. The number of hydrogen-bond acceptors (Lipinski definition) is 7. The zero-order chi connectivity index (χ0) is 22.6. The topological polar surface area (TPSA) is 147 Å². The van der Waals surface area contributed by atoms with Crippen LogP contribution in [-0.2, 0) is 10.0 Å². The SMILES string of the molecule is O=C(C=Cc1ccc(O)c(O)c1)c1ccc(NS(=O)(=O)c2cccc([N+](=O)[O-])c2)cc1. The lowest BCUT2D eigenvalue weighted by Crippen LogP contribution is -2.13. The third-order valence-electron chi connectivity index (χ3n) is 4.19. The Morgan fingerprint density at radius 2 is 1.68 bits per heavy atom. The second-order valence-corrected chi connectivity index (χ2v) is 8.07. The van der Waals surface area contributed by atoms with Crippen molar-refractivity contribution in [3.63, 3.8) is 0 Å². The molecule has 0 spiro atoms. The zero-order valence-corrected chi connectivity index (χ0v) is 16.6.